The zero-order valence-corrected chi connectivity index (χ0v) is 27.2. The van der Waals surface area contributed by atoms with Crippen LogP contribution in [0.5, 0.6) is 0 Å². The molecule has 0 saturated heterocycles. The number of hydrogen-bond acceptors (Lipinski definition) is 8. The zero-order valence-electron chi connectivity index (χ0n) is 25.6. The van der Waals surface area contributed by atoms with Crippen molar-refractivity contribution in [2.75, 3.05) is 25.5 Å². The van der Waals surface area contributed by atoms with Crippen molar-refractivity contribution in [2.45, 2.75) is 94.3 Å². The van der Waals surface area contributed by atoms with Gasteiger partial charge in [-0.2, -0.15) is 0 Å². The molecule has 234 valence electrons. The molecule has 3 fully saturated rings. The van der Waals surface area contributed by atoms with Crippen molar-refractivity contribution < 1.29 is 15.0 Å². The lowest BCUT2D eigenvalue weighted by Gasteiger charge is -2.57. The number of Topliss-reactive ketones (excluding diaryl/α,β-unsaturated/α-hetero) is 1. The minimum atomic E-state index is -0.156. The average molecular weight is 624 g/mol. The molecule has 2 heterocycles. The van der Waals surface area contributed by atoms with Gasteiger partial charge in [0.15, 0.2) is 11.7 Å². The second kappa shape index (κ2) is 11.7. The number of rotatable bonds is 5. The molecule has 6 aliphatic rings. The van der Waals surface area contributed by atoms with Crippen molar-refractivity contribution >= 4 is 33.3 Å². The van der Waals surface area contributed by atoms with E-state index >= 15 is 0 Å². The fraction of sp³-hybridized carbons (Fsp3) is 0.714. The van der Waals surface area contributed by atoms with Crippen LogP contribution in [0.4, 0.5) is 0 Å². The van der Waals surface area contributed by atoms with E-state index in [-0.39, 0.29) is 41.4 Å². The van der Waals surface area contributed by atoms with Gasteiger partial charge in [-0.15, -0.1) is 0 Å². The number of aliphatic hydroxyl groups excluding tert-OH is 2. The number of benzene rings is 1. The SMILES string of the molecule is C[C@]12CCSS[C@H]3CC[C@H](c4ccccc4)[C@@H]4CN=C(N)N[C@@]34CCCC3=C4C[C@H]1C[C@H](CO)[C@@H](CCCO)[C@@]42CC3=O. The summed E-state index contributed by atoms with van der Waals surface area (Å²) in [5, 5.41) is 24.6. The summed E-state index contributed by atoms with van der Waals surface area (Å²) in [5.74, 6) is 3.82. The van der Waals surface area contributed by atoms with Gasteiger partial charge in [0.05, 0.1) is 5.54 Å². The molecule has 2 aliphatic heterocycles. The molecule has 0 aromatic heterocycles. The monoisotopic (exact) mass is 623 g/mol. The maximum atomic E-state index is 14.1. The van der Waals surface area contributed by atoms with E-state index in [9.17, 15) is 15.0 Å². The Kier molecular flexibility index (Phi) is 8.22. The van der Waals surface area contributed by atoms with Gasteiger partial charge in [0.1, 0.15) is 0 Å². The van der Waals surface area contributed by atoms with Gasteiger partial charge < -0.3 is 21.3 Å². The van der Waals surface area contributed by atoms with Crippen LogP contribution in [0.2, 0.25) is 0 Å². The number of hydrogen-bond donors (Lipinski definition) is 4. The van der Waals surface area contributed by atoms with E-state index < -0.39 is 0 Å². The first-order valence-corrected chi connectivity index (χ1v) is 19.1. The lowest BCUT2D eigenvalue weighted by molar-refractivity contribution is -0.125. The number of allylic oxidation sites excluding steroid dienone is 2. The second-order valence-electron chi connectivity index (χ2n) is 14.6. The third-order valence-corrected chi connectivity index (χ3v) is 16.2. The van der Waals surface area contributed by atoms with E-state index in [0.717, 1.165) is 82.1 Å². The molecule has 9 atom stereocenters. The fourth-order valence-corrected chi connectivity index (χ4v) is 14.6. The largest absolute Gasteiger partial charge is 0.396 e. The highest BCUT2D eigenvalue weighted by Crippen LogP contribution is 2.75. The molecule has 43 heavy (non-hydrogen) atoms. The molecule has 3 saturated carbocycles. The summed E-state index contributed by atoms with van der Waals surface area (Å²) in [7, 11) is 4.12. The molecule has 1 aromatic rings. The number of ketones is 1. The Hall–Kier alpha value is -1.48. The van der Waals surface area contributed by atoms with Gasteiger partial charge in [0, 0.05) is 48.5 Å². The van der Waals surface area contributed by atoms with Gasteiger partial charge in [-0.3, -0.25) is 9.79 Å². The van der Waals surface area contributed by atoms with Crippen LogP contribution in [0, 0.1) is 34.5 Å². The Bertz CT molecular complexity index is 1290. The van der Waals surface area contributed by atoms with Gasteiger partial charge in [-0.05, 0) is 104 Å². The van der Waals surface area contributed by atoms with E-state index in [1.807, 2.05) is 10.8 Å². The maximum absolute atomic E-state index is 14.1. The predicted molar refractivity (Wildman–Crippen MR) is 177 cm³/mol. The Balaban J connectivity index is 1.27. The van der Waals surface area contributed by atoms with Gasteiger partial charge >= 0.3 is 0 Å². The van der Waals surface area contributed by atoms with Crippen molar-refractivity contribution in [1.82, 2.24) is 5.32 Å². The topological polar surface area (TPSA) is 108 Å². The number of nitrogens with zero attached hydrogens (tertiary/aromatic N) is 1. The molecule has 7 rings (SSSR count). The number of nitrogens with two attached hydrogens (primary N) is 1. The van der Waals surface area contributed by atoms with Gasteiger partial charge in [0.25, 0.3) is 0 Å². The number of carbonyl (C=O) groups is 1. The molecular weight excluding hydrogens is 575 g/mol. The van der Waals surface area contributed by atoms with Crippen LogP contribution in [0.15, 0.2) is 46.5 Å². The maximum Gasteiger partial charge on any atom is 0.189 e. The van der Waals surface area contributed by atoms with Crippen molar-refractivity contribution in [1.29, 1.82) is 0 Å². The third-order valence-electron chi connectivity index (χ3n) is 13.2. The summed E-state index contributed by atoms with van der Waals surface area (Å²) < 4.78 is 0. The lowest BCUT2D eigenvalue weighted by atomic mass is 9.47. The highest BCUT2D eigenvalue weighted by molar-refractivity contribution is 8.77. The molecule has 0 unspecified atom stereocenters. The Morgan fingerprint density at radius 1 is 1.16 bits per heavy atom. The molecule has 4 aliphatic carbocycles. The summed E-state index contributed by atoms with van der Waals surface area (Å²) in [6.45, 7) is 3.61. The van der Waals surface area contributed by atoms with Gasteiger partial charge in [-0.1, -0.05) is 64.4 Å². The minimum absolute atomic E-state index is 0.0541. The summed E-state index contributed by atoms with van der Waals surface area (Å²) in [6.07, 6.45) is 10.5. The van der Waals surface area contributed by atoms with E-state index in [4.69, 9.17) is 10.7 Å². The summed E-state index contributed by atoms with van der Waals surface area (Å²) in [5.41, 5.74) is 10.2. The first-order chi connectivity index (χ1) is 20.9. The first-order valence-electron chi connectivity index (χ1n) is 16.8. The summed E-state index contributed by atoms with van der Waals surface area (Å²) >= 11 is 0. The third kappa shape index (κ3) is 4.58. The molecule has 1 aromatic carbocycles. The number of nitrogens with one attached hydrogen (secondary N) is 1. The number of guanidine groups is 1. The van der Waals surface area contributed by atoms with Crippen molar-refractivity contribution in [3.8, 4) is 0 Å². The molecule has 0 radical (unpaired) electrons. The van der Waals surface area contributed by atoms with Crippen LogP contribution in [0.1, 0.15) is 89.0 Å². The van der Waals surface area contributed by atoms with Crippen LogP contribution < -0.4 is 11.1 Å². The smallest absolute Gasteiger partial charge is 0.189 e. The molecule has 2 spiro atoms. The van der Waals surface area contributed by atoms with E-state index in [0.29, 0.717) is 41.2 Å². The number of carbonyl (C=O) groups excluding carboxylic acids is 1. The van der Waals surface area contributed by atoms with Crippen LogP contribution in [-0.2, 0) is 4.79 Å². The Morgan fingerprint density at radius 3 is 2.79 bits per heavy atom. The average Bonchev–Trinajstić information content (AvgIpc) is 3.34. The standard InChI is InChI=1S/C35H49N3O3S2/c1-33-14-16-42-43-31-12-11-25(22-7-3-2-4-8-22)29-20-37-32(36)38-35(29,31)13-5-9-26-28-18-24(33)17-23(21-40)27(10-6-15-39)34(28,33)19-30(26)41/h2-4,7-8,23-25,27,29,31,39-40H,5-6,9-21H2,1H3,(H3,36,37,38)/t23-,24-,25-,27-,29+,31+,33+,34+,35-/m1/s1. The molecule has 6 nitrogen and oxygen atoms in total. The van der Waals surface area contributed by atoms with Crippen molar-refractivity contribution in [3.63, 3.8) is 0 Å². The number of aliphatic imine (C=N–C) groups is 1. The van der Waals surface area contributed by atoms with E-state index in [1.165, 1.54) is 11.1 Å². The normalized spacial score (nSPS) is 42.6. The molecule has 0 amide bonds. The predicted octanol–water partition coefficient (Wildman–Crippen LogP) is 5.84. The van der Waals surface area contributed by atoms with Gasteiger partial charge in [-0.25, -0.2) is 0 Å². The Morgan fingerprint density at radius 2 is 2.00 bits per heavy atom. The molecule has 8 heteroatoms. The summed E-state index contributed by atoms with van der Waals surface area (Å²) in [6, 6.07) is 11.0. The lowest BCUT2D eigenvalue weighted by Crippen LogP contribution is -2.67. The van der Waals surface area contributed by atoms with E-state index in [1.54, 1.807) is 0 Å². The first kappa shape index (κ1) is 30.2. The highest BCUT2D eigenvalue weighted by atomic mass is 33.1. The Labute approximate surface area is 264 Å². The van der Waals surface area contributed by atoms with Crippen LogP contribution in [0.25, 0.3) is 0 Å². The van der Waals surface area contributed by atoms with Gasteiger partial charge in [0.2, 0.25) is 0 Å². The quantitative estimate of drug-likeness (QED) is 0.305. The van der Waals surface area contributed by atoms with Crippen molar-refractivity contribution in [2.24, 2.45) is 45.2 Å². The highest BCUT2D eigenvalue weighted by Gasteiger charge is 2.69. The molecule has 5 N–H and O–H groups in total. The molecule has 5 bridgehead atoms. The van der Waals surface area contributed by atoms with Crippen molar-refractivity contribution in [3.05, 3.63) is 47.0 Å². The minimum Gasteiger partial charge on any atom is -0.396 e. The second-order valence-corrected chi connectivity index (χ2v) is 17.3. The van der Waals surface area contributed by atoms with Crippen LogP contribution in [-0.4, -0.2) is 58.3 Å². The van der Waals surface area contributed by atoms with E-state index in [2.05, 4.69) is 53.4 Å². The zero-order chi connectivity index (χ0) is 29.8. The van der Waals surface area contributed by atoms with Crippen LogP contribution >= 0.6 is 21.6 Å². The summed E-state index contributed by atoms with van der Waals surface area (Å²) in [4.78, 5) is 18.8. The molecular formula is C35H49N3O3S2. The van der Waals surface area contributed by atoms with Crippen LogP contribution in [0.3, 0.4) is 0 Å². The number of aliphatic hydroxyl groups is 2. The fourth-order valence-electron chi connectivity index (χ4n) is 11.3.